The van der Waals surface area contributed by atoms with Gasteiger partial charge in [-0.25, -0.2) is 18.5 Å². The quantitative estimate of drug-likeness (QED) is 0.399. The highest BCUT2D eigenvalue weighted by Gasteiger charge is 2.26. The molecule has 0 bridgehead atoms. The lowest BCUT2D eigenvalue weighted by molar-refractivity contribution is 0.0696. The van der Waals surface area contributed by atoms with Crippen LogP contribution >= 0.6 is 0 Å². The van der Waals surface area contributed by atoms with E-state index in [1.165, 1.54) is 12.1 Å². The van der Waals surface area contributed by atoms with Crippen molar-refractivity contribution < 1.29 is 23.6 Å². The molecule has 1 unspecified atom stereocenters. The molecule has 0 amide bonds. The molecule has 31 heavy (non-hydrogen) atoms. The Kier molecular flexibility index (Phi) is 7.89. The second kappa shape index (κ2) is 10.6. The lowest BCUT2D eigenvalue weighted by Crippen LogP contribution is -2.38. The molecule has 0 aromatic heterocycles. The van der Waals surface area contributed by atoms with Crippen LogP contribution < -0.4 is 14.8 Å². The predicted molar refractivity (Wildman–Crippen MR) is 119 cm³/mol. The molecule has 9 heteroatoms. The number of benzene rings is 2. The molecule has 2 aromatic rings. The molecular formula is C22H29N3O5S. The van der Waals surface area contributed by atoms with Crippen LogP contribution in [0.4, 0.5) is 5.69 Å². The van der Waals surface area contributed by atoms with Gasteiger partial charge in [-0.05, 0) is 43.5 Å². The maximum atomic E-state index is 13.5. The van der Waals surface area contributed by atoms with E-state index in [1.807, 2.05) is 18.2 Å². The van der Waals surface area contributed by atoms with Crippen molar-refractivity contribution in [3.8, 4) is 11.5 Å². The minimum absolute atomic E-state index is 0.0155. The van der Waals surface area contributed by atoms with E-state index in [-0.39, 0.29) is 22.3 Å². The maximum Gasteiger partial charge on any atom is 0.335 e. The molecular weight excluding hydrogens is 418 g/mol. The van der Waals surface area contributed by atoms with Gasteiger partial charge in [0.1, 0.15) is 20.6 Å². The summed E-state index contributed by atoms with van der Waals surface area (Å²) in [5, 5.41) is 12.8. The van der Waals surface area contributed by atoms with Crippen LogP contribution in [-0.4, -0.2) is 41.1 Å². The molecule has 0 aliphatic carbocycles. The Labute approximate surface area is 183 Å². The summed E-state index contributed by atoms with van der Waals surface area (Å²) < 4.78 is 36.5. The van der Waals surface area contributed by atoms with E-state index >= 15 is 0 Å². The van der Waals surface area contributed by atoms with Crippen LogP contribution in [0.15, 0.2) is 47.4 Å². The van der Waals surface area contributed by atoms with E-state index in [2.05, 4.69) is 17.0 Å². The Morgan fingerprint density at radius 3 is 2.61 bits per heavy atom. The molecule has 8 nitrogen and oxygen atoms in total. The Bertz CT molecular complexity index is 990. The molecule has 0 saturated carbocycles. The van der Waals surface area contributed by atoms with E-state index < -0.39 is 15.9 Å². The monoisotopic (exact) mass is 447 g/mol. The smallest absolute Gasteiger partial charge is 0.335 e. The van der Waals surface area contributed by atoms with Crippen molar-refractivity contribution in [3.05, 3.63) is 48.0 Å². The molecule has 1 fully saturated rings. The largest absolute Gasteiger partial charge is 0.478 e. The number of ether oxygens (including phenoxy) is 2. The lowest BCUT2D eigenvalue weighted by Gasteiger charge is -2.26. The second-order valence-corrected chi connectivity index (χ2v) is 9.20. The van der Waals surface area contributed by atoms with Crippen LogP contribution in [0.3, 0.4) is 0 Å². The molecule has 1 heterocycles. The molecule has 0 radical (unpaired) electrons. The molecule has 1 saturated heterocycles. The van der Waals surface area contributed by atoms with Gasteiger partial charge in [-0.15, -0.1) is 0 Å². The first-order valence-corrected chi connectivity index (χ1v) is 12.0. The minimum Gasteiger partial charge on any atom is -0.478 e. The standard InChI is InChI=1S/C22H29N3O5S/c1-2-3-11-24-19-14-16(22(26)27)15-20(21(19)30-18-7-5-4-6-8-18)31(23,28)25-17-9-12-29-13-10-17/h4-8,14-15,17,24H,2-3,9-13H2,1H3,(H,26,27)(H2,23,25,28). The molecule has 1 atom stereocenters. The van der Waals surface area contributed by atoms with Crippen molar-refractivity contribution in [2.45, 2.75) is 43.5 Å². The van der Waals surface area contributed by atoms with Gasteiger partial charge in [0.2, 0.25) is 0 Å². The lowest BCUT2D eigenvalue weighted by atomic mass is 10.1. The number of aromatic carboxylic acids is 1. The molecule has 168 valence electrons. The van der Waals surface area contributed by atoms with Gasteiger partial charge in [0.05, 0.1) is 11.3 Å². The summed E-state index contributed by atoms with van der Waals surface area (Å²) in [4.78, 5) is 11.8. The summed E-state index contributed by atoms with van der Waals surface area (Å²) in [6.07, 6.45) is 3.08. The van der Waals surface area contributed by atoms with Crippen molar-refractivity contribution in [2.24, 2.45) is 0 Å². The summed E-state index contributed by atoms with van der Waals surface area (Å²) in [5.74, 6) is -0.453. The number of carboxylic acid groups (broad SMARTS) is 1. The number of para-hydroxylation sites is 1. The van der Waals surface area contributed by atoms with Gasteiger partial charge in [-0.1, -0.05) is 31.5 Å². The Hall–Kier alpha value is -2.62. The summed E-state index contributed by atoms with van der Waals surface area (Å²) >= 11 is 0. The van der Waals surface area contributed by atoms with Crippen LogP contribution in [0.2, 0.25) is 0 Å². The number of nitrogens with one attached hydrogen (secondary N) is 3. The Morgan fingerprint density at radius 2 is 1.97 bits per heavy atom. The fourth-order valence-electron chi connectivity index (χ4n) is 3.30. The van der Waals surface area contributed by atoms with Crippen LogP contribution in [0.25, 0.3) is 0 Å². The number of carboxylic acids is 1. The summed E-state index contributed by atoms with van der Waals surface area (Å²) in [6, 6.07) is 11.5. The van der Waals surface area contributed by atoms with Crippen molar-refractivity contribution >= 4 is 21.6 Å². The van der Waals surface area contributed by atoms with Gasteiger partial charge >= 0.3 is 5.97 Å². The summed E-state index contributed by atoms with van der Waals surface area (Å²) in [7, 11) is -3.55. The van der Waals surface area contributed by atoms with Gasteiger partial charge in [-0.3, -0.25) is 0 Å². The van der Waals surface area contributed by atoms with E-state index in [0.29, 0.717) is 44.0 Å². The van der Waals surface area contributed by atoms with Gasteiger partial charge < -0.3 is 19.9 Å². The first-order chi connectivity index (χ1) is 14.9. The highest BCUT2D eigenvalue weighted by Crippen LogP contribution is 2.38. The van der Waals surface area contributed by atoms with E-state index in [4.69, 9.17) is 14.3 Å². The molecule has 3 rings (SSSR count). The Morgan fingerprint density at radius 1 is 1.26 bits per heavy atom. The summed E-state index contributed by atoms with van der Waals surface area (Å²) in [5.41, 5.74) is 0.351. The zero-order valence-electron chi connectivity index (χ0n) is 17.6. The average Bonchev–Trinajstić information content (AvgIpc) is 2.75. The number of rotatable bonds is 10. The van der Waals surface area contributed by atoms with E-state index in [9.17, 15) is 14.1 Å². The van der Waals surface area contributed by atoms with Crippen molar-refractivity contribution in [1.82, 2.24) is 4.72 Å². The third-order valence-electron chi connectivity index (χ3n) is 4.97. The Balaban J connectivity index is 2.07. The van der Waals surface area contributed by atoms with Crippen LogP contribution in [0.5, 0.6) is 11.5 Å². The molecule has 0 spiro atoms. The number of hydrogen-bond donors (Lipinski definition) is 4. The summed E-state index contributed by atoms with van der Waals surface area (Å²) in [6.45, 7) is 3.70. The third-order valence-corrected chi connectivity index (χ3v) is 6.56. The predicted octanol–water partition coefficient (Wildman–Crippen LogP) is 4.48. The van der Waals surface area contributed by atoms with Gasteiger partial charge in [0.15, 0.2) is 5.75 Å². The van der Waals surface area contributed by atoms with E-state index in [1.54, 1.807) is 12.1 Å². The normalized spacial score (nSPS) is 16.4. The SMILES string of the molecule is CCCCNc1cc(C(=O)O)cc(S(=N)(=O)NC2CCOCC2)c1Oc1ccccc1. The molecule has 4 N–H and O–H groups in total. The molecule has 1 aliphatic heterocycles. The fraction of sp³-hybridized carbons (Fsp3) is 0.409. The second-order valence-electron chi connectivity index (χ2n) is 7.41. The van der Waals surface area contributed by atoms with Crippen LogP contribution in [0.1, 0.15) is 43.0 Å². The van der Waals surface area contributed by atoms with Crippen LogP contribution in [0, 0.1) is 4.78 Å². The minimum atomic E-state index is -3.55. The topological polar surface area (TPSA) is 121 Å². The third kappa shape index (κ3) is 6.19. The maximum absolute atomic E-state index is 13.5. The number of hydrogen-bond acceptors (Lipinski definition) is 6. The van der Waals surface area contributed by atoms with E-state index in [0.717, 1.165) is 12.8 Å². The number of anilines is 1. The zero-order valence-corrected chi connectivity index (χ0v) is 18.4. The number of carbonyl (C=O) groups is 1. The molecule has 1 aliphatic rings. The highest BCUT2D eigenvalue weighted by molar-refractivity contribution is 7.90. The zero-order chi connectivity index (χ0) is 22.3. The van der Waals surface area contributed by atoms with Gasteiger partial charge in [0.25, 0.3) is 0 Å². The van der Waals surface area contributed by atoms with Crippen molar-refractivity contribution in [1.29, 1.82) is 4.78 Å². The van der Waals surface area contributed by atoms with Gasteiger partial charge in [-0.2, -0.15) is 0 Å². The van der Waals surface area contributed by atoms with Crippen molar-refractivity contribution in [3.63, 3.8) is 0 Å². The fourth-order valence-corrected chi connectivity index (χ4v) is 4.83. The highest BCUT2D eigenvalue weighted by atomic mass is 32.2. The molecule has 2 aromatic carbocycles. The first kappa shape index (κ1) is 23.1. The van der Waals surface area contributed by atoms with Crippen molar-refractivity contribution in [2.75, 3.05) is 25.1 Å². The van der Waals surface area contributed by atoms with Crippen LogP contribution in [-0.2, 0) is 14.7 Å². The first-order valence-electron chi connectivity index (χ1n) is 10.4. The van der Waals surface area contributed by atoms with Gasteiger partial charge in [0, 0.05) is 25.8 Å². The number of unbranched alkanes of at least 4 members (excludes halogenated alkanes) is 1. The average molecular weight is 448 g/mol.